The van der Waals surface area contributed by atoms with E-state index in [9.17, 15) is 22.8 Å². The molecular weight excluding hydrogens is 408 g/mol. The van der Waals surface area contributed by atoms with Crippen LogP contribution in [-0.4, -0.2) is 29.8 Å². The van der Waals surface area contributed by atoms with Gasteiger partial charge >= 0.3 is 0 Å². The first-order valence-corrected chi connectivity index (χ1v) is 10.7. The van der Waals surface area contributed by atoms with Crippen LogP contribution in [0.2, 0.25) is 0 Å². The van der Waals surface area contributed by atoms with E-state index in [1.165, 1.54) is 28.8 Å². The summed E-state index contributed by atoms with van der Waals surface area (Å²) in [6, 6.07) is 11.1. The molecule has 10 heteroatoms. The van der Waals surface area contributed by atoms with E-state index in [2.05, 4.69) is 4.98 Å². The van der Waals surface area contributed by atoms with E-state index in [0.717, 1.165) is 4.90 Å². The first-order valence-electron chi connectivity index (χ1n) is 9.16. The molecule has 1 aliphatic heterocycles. The molecule has 0 bridgehead atoms. The predicted octanol–water partition coefficient (Wildman–Crippen LogP) is 1.25. The molecule has 1 aliphatic rings. The van der Waals surface area contributed by atoms with Crippen molar-refractivity contribution in [1.29, 1.82) is 0 Å². The number of primary sulfonamides is 1. The zero-order valence-corrected chi connectivity index (χ0v) is 16.8. The molecule has 1 saturated heterocycles. The van der Waals surface area contributed by atoms with Crippen LogP contribution in [0.5, 0.6) is 0 Å². The van der Waals surface area contributed by atoms with Gasteiger partial charge in [0, 0.05) is 6.42 Å². The molecule has 1 fully saturated rings. The highest BCUT2D eigenvalue weighted by Crippen LogP contribution is 2.29. The zero-order chi connectivity index (χ0) is 21.6. The van der Waals surface area contributed by atoms with Gasteiger partial charge < -0.3 is 0 Å². The van der Waals surface area contributed by atoms with Gasteiger partial charge in [0.25, 0.3) is 11.5 Å². The Morgan fingerprint density at radius 2 is 1.70 bits per heavy atom. The summed E-state index contributed by atoms with van der Waals surface area (Å²) < 4.78 is 24.2. The maximum absolute atomic E-state index is 13.2. The van der Waals surface area contributed by atoms with Crippen LogP contribution in [0.25, 0.3) is 10.9 Å². The number of para-hydroxylation sites is 1. The second kappa shape index (κ2) is 7.15. The number of aromatic nitrogens is 2. The summed E-state index contributed by atoms with van der Waals surface area (Å²) in [5, 5.41) is 5.48. The molecule has 3 aromatic rings. The number of hydrogen-bond acceptors (Lipinski definition) is 6. The van der Waals surface area contributed by atoms with Crippen LogP contribution in [0.3, 0.4) is 0 Å². The molecular formula is C20H18N4O5S. The number of hydrogen-bond donors (Lipinski definition) is 1. The largest absolute Gasteiger partial charge is 0.284 e. The van der Waals surface area contributed by atoms with Crippen LogP contribution in [-0.2, 0) is 19.6 Å². The topological polar surface area (TPSA) is 132 Å². The standard InChI is InChI=1S/C20H18N4O5S/c1-12-22-16-5-3-2-4-15(16)19(26)23(12)17-10-11-18(25)24(20(17)27)13-6-8-14(9-7-13)30(21,28)29/h2-9,17H,10-11H2,1H3,(H2,21,28,29). The Balaban J connectivity index is 1.78. The van der Waals surface area contributed by atoms with Crippen LogP contribution in [0.1, 0.15) is 24.7 Å². The number of nitrogens with two attached hydrogens (primary N) is 1. The Labute approximate surface area is 171 Å². The Bertz CT molecular complexity index is 1350. The Hall–Kier alpha value is -3.37. The van der Waals surface area contributed by atoms with Gasteiger partial charge in [0.15, 0.2) is 0 Å². The number of amides is 2. The summed E-state index contributed by atoms with van der Waals surface area (Å²) in [5.74, 6) is -0.633. The third kappa shape index (κ3) is 3.29. The molecule has 30 heavy (non-hydrogen) atoms. The highest BCUT2D eigenvalue weighted by Gasteiger charge is 2.38. The van der Waals surface area contributed by atoms with Gasteiger partial charge in [-0.15, -0.1) is 0 Å². The van der Waals surface area contributed by atoms with Crippen molar-refractivity contribution in [2.24, 2.45) is 5.14 Å². The monoisotopic (exact) mass is 426 g/mol. The number of carbonyl (C=O) groups excluding carboxylic acids is 2. The second-order valence-electron chi connectivity index (χ2n) is 7.01. The number of rotatable bonds is 3. The average Bonchev–Trinajstić information content (AvgIpc) is 2.69. The lowest BCUT2D eigenvalue weighted by molar-refractivity contribution is -0.131. The van der Waals surface area contributed by atoms with Crippen molar-refractivity contribution in [1.82, 2.24) is 9.55 Å². The van der Waals surface area contributed by atoms with Crippen LogP contribution in [0.4, 0.5) is 5.69 Å². The first kappa shape index (κ1) is 19.9. The van der Waals surface area contributed by atoms with E-state index < -0.39 is 27.9 Å². The van der Waals surface area contributed by atoms with Crippen molar-refractivity contribution in [3.8, 4) is 0 Å². The fourth-order valence-electron chi connectivity index (χ4n) is 3.69. The minimum atomic E-state index is -3.91. The number of benzene rings is 2. The van der Waals surface area contributed by atoms with Crippen molar-refractivity contribution in [3.05, 3.63) is 64.7 Å². The summed E-state index contributed by atoms with van der Waals surface area (Å²) in [4.78, 5) is 44.1. The minimum absolute atomic E-state index is 0.0477. The van der Waals surface area contributed by atoms with Gasteiger partial charge in [-0.05, 0) is 49.7 Å². The lowest BCUT2D eigenvalue weighted by atomic mass is 10.0. The van der Waals surface area contributed by atoms with E-state index >= 15 is 0 Å². The van der Waals surface area contributed by atoms with E-state index in [1.807, 2.05) is 0 Å². The smallest absolute Gasteiger partial charge is 0.262 e. The third-order valence-electron chi connectivity index (χ3n) is 5.11. The molecule has 0 radical (unpaired) electrons. The molecule has 2 aromatic carbocycles. The SMILES string of the molecule is Cc1nc2ccccc2c(=O)n1C1CCC(=O)N(c2ccc(S(N)(=O)=O)cc2)C1=O. The maximum Gasteiger partial charge on any atom is 0.262 e. The normalized spacial score (nSPS) is 17.5. The Kier molecular flexibility index (Phi) is 4.75. The summed E-state index contributed by atoms with van der Waals surface area (Å²) >= 11 is 0. The average molecular weight is 426 g/mol. The van der Waals surface area contributed by atoms with Crippen LogP contribution in [0.15, 0.2) is 58.2 Å². The van der Waals surface area contributed by atoms with Gasteiger partial charge in [0.2, 0.25) is 15.9 Å². The molecule has 4 rings (SSSR count). The number of fused-ring (bicyclic) bond motifs is 1. The predicted molar refractivity (Wildman–Crippen MR) is 109 cm³/mol. The Morgan fingerprint density at radius 3 is 2.37 bits per heavy atom. The van der Waals surface area contributed by atoms with Gasteiger partial charge in [0.1, 0.15) is 11.9 Å². The van der Waals surface area contributed by atoms with E-state index in [1.54, 1.807) is 31.2 Å². The van der Waals surface area contributed by atoms with Gasteiger partial charge in [0.05, 0.1) is 21.5 Å². The molecule has 0 spiro atoms. The molecule has 1 atom stereocenters. The van der Waals surface area contributed by atoms with Crippen LogP contribution < -0.4 is 15.6 Å². The number of carbonyl (C=O) groups is 2. The summed E-state index contributed by atoms with van der Waals surface area (Å²) in [6.45, 7) is 1.64. The second-order valence-corrected chi connectivity index (χ2v) is 8.57. The lowest BCUT2D eigenvalue weighted by Gasteiger charge is -2.32. The maximum atomic E-state index is 13.2. The molecule has 9 nitrogen and oxygen atoms in total. The van der Waals surface area contributed by atoms with Gasteiger partial charge in [-0.25, -0.2) is 23.4 Å². The van der Waals surface area contributed by atoms with Gasteiger partial charge in [-0.2, -0.15) is 0 Å². The zero-order valence-electron chi connectivity index (χ0n) is 16.0. The van der Waals surface area contributed by atoms with Crippen molar-refractivity contribution < 1.29 is 18.0 Å². The fraction of sp³-hybridized carbons (Fsp3) is 0.200. The Morgan fingerprint density at radius 1 is 1.03 bits per heavy atom. The van der Waals surface area contributed by atoms with Crippen molar-refractivity contribution in [3.63, 3.8) is 0 Å². The highest BCUT2D eigenvalue weighted by atomic mass is 32.2. The summed E-state index contributed by atoms with van der Waals surface area (Å²) in [6.07, 6.45) is 0.219. The number of aryl methyl sites for hydroxylation is 1. The quantitative estimate of drug-likeness (QED) is 0.627. The molecule has 154 valence electrons. The number of imide groups is 1. The van der Waals surface area contributed by atoms with E-state index in [-0.39, 0.29) is 29.0 Å². The molecule has 2 N–H and O–H groups in total. The molecule has 2 heterocycles. The molecule has 1 unspecified atom stereocenters. The number of anilines is 1. The first-order chi connectivity index (χ1) is 14.2. The molecule has 2 amide bonds. The molecule has 1 aromatic heterocycles. The van der Waals surface area contributed by atoms with E-state index in [4.69, 9.17) is 5.14 Å². The number of nitrogens with zero attached hydrogens (tertiary/aromatic N) is 3. The van der Waals surface area contributed by atoms with Gasteiger partial charge in [-0.1, -0.05) is 12.1 Å². The summed E-state index contributed by atoms with van der Waals surface area (Å²) in [5.41, 5.74) is 0.392. The van der Waals surface area contributed by atoms with Gasteiger partial charge in [-0.3, -0.25) is 19.0 Å². The molecule has 0 saturated carbocycles. The number of piperidine rings is 1. The van der Waals surface area contributed by atoms with E-state index in [0.29, 0.717) is 16.7 Å². The fourth-order valence-corrected chi connectivity index (χ4v) is 4.20. The minimum Gasteiger partial charge on any atom is -0.284 e. The molecule has 0 aliphatic carbocycles. The third-order valence-corrected chi connectivity index (χ3v) is 6.03. The highest BCUT2D eigenvalue weighted by molar-refractivity contribution is 7.89. The summed E-state index contributed by atoms with van der Waals surface area (Å²) in [7, 11) is -3.91. The van der Waals surface area contributed by atoms with Crippen LogP contribution in [0, 0.1) is 6.92 Å². The van der Waals surface area contributed by atoms with Crippen molar-refractivity contribution in [2.75, 3.05) is 4.90 Å². The van der Waals surface area contributed by atoms with Crippen molar-refractivity contribution >= 4 is 38.4 Å². The number of sulfonamides is 1. The van der Waals surface area contributed by atoms with Crippen LogP contribution >= 0.6 is 0 Å². The lowest BCUT2D eigenvalue weighted by Crippen LogP contribution is -2.48. The van der Waals surface area contributed by atoms with Crippen molar-refractivity contribution in [2.45, 2.75) is 30.7 Å².